The van der Waals surface area contributed by atoms with Gasteiger partial charge in [0.1, 0.15) is 0 Å². The van der Waals surface area contributed by atoms with Crippen LogP contribution in [0.1, 0.15) is 5.56 Å². The molecule has 3 aromatic carbocycles. The highest BCUT2D eigenvalue weighted by Gasteiger charge is 2.11. The Kier molecular flexibility index (Phi) is 6.94. The van der Waals surface area contributed by atoms with Gasteiger partial charge in [-0.1, -0.05) is 47.6 Å². The summed E-state index contributed by atoms with van der Waals surface area (Å²) >= 11 is 8.93. The number of thiazole rings is 1. The monoisotopic (exact) mass is 482 g/mol. The van der Waals surface area contributed by atoms with Crippen molar-refractivity contribution in [2.24, 2.45) is 0 Å². The number of benzene rings is 3. The second-order valence-electron chi connectivity index (χ2n) is 6.93. The molecule has 0 aliphatic carbocycles. The topological polar surface area (TPSA) is 83.1 Å². The molecule has 0 bridgehead atoms. The van der Waals surface area contributed by atoms with E-state index >= 15 is 0 Å². The van der Waals surface area contributed by atoms with Gasteiger partial charge in [-0.05, 0) is 55.0 Å². The van der Waals surface area contributed by atoms with Gasteiger partial charge in [-0.3, -0.25) is 4.79 Å². The number of rotatable bonds is 6. The van der Waals surface area contributed by atoms with Crippen LogP contribution < -0.4 is 16.0 Å². The number of nitrogens with one attached hydrogen (secondary N) is 3. The van der Waals surface area contributed by atoms with E-state index in [-0.39, 0.29) is 17.7 Å². The highest BCUT2D eigenvalue weighted by atomic mass is 35.5. The third-order valence-electron chi connectivity index (χ3n) is 4.38. The van der Waals surface area contributed by atoms with Crippen LogP contribution in [0, 0.1) is 6.92 Å². The average molecular weight is 483 g/mol. The standard InChI is InChI=1S/C23H19ClN4O2S2/c1-14-5-4-6-15(11-14)25-21(29)13-31-23-28-19-10-9-16(12-20(19)32-23)26-22(30)27-18-8-3-2-7-17(18)24/h2-12H,13H2,1H3,(H,25,29)(H2,26,27,30). The summed E-state index contributed by atoms with van der Waals surface area (Å²) in [5.41, 5.74) is 3.86. The number of hydrogen-bond donors (Lipinski definition) is 3. The molecule has 0 saturated heterocycles. The molecule has 4 rings (SSSR count). The fourth-order valence-electron chi connectivity index (χ4n) is 2.94. The van der Waals surface area contributed by atoms with E-state index in [1.807, 2.05) is 43.3 Å². The van der Waals surface area contributed by atoms with Crippen LogP contribution in [-0.4, -0.2) is 22.7 Å². The third kappa shape index (κ3) is 5.79. The Balaban J connectivity index is 1.35. The maximum atomic E-state index is 12.3. The number of hydrogen-bond acceptors (Lipinski definition) is 5. The van der Waals surface area contributed by atoms with Crippen molar-refractivity contribution in [1.29, 1.82) is 0 Å². The van der Waals surface area contributed by atoms with Gasteiger partial charge in [0, 0.05) is 11.4 Å². The number of carbonyl (C=O) groups is 2. The van der Waals surface area contributed by atoms with Crippen LogP contribution >= 0.6 is 34.7 Å². The lowest BCUT2D eigenvalue weighted by molar-refractivity contribution is -0.113. The van der Waals surface area contributed by atoms with Crippen LogP contribution in [0.15, 0.2) is 71.1 Å². The van der Waals surface area contributed by atoms with Gasteiger partial charge >= 0.3 is 6.03 Å². The van der Waals surface area contributed by atoms with Gasteiger partial charge in [-0.2, -0.15) is 0 Å². The average Bonchev–Trinajstić information content (AvgIpc) is 3.16. The van der Waals surface area contributed by atoms with Gasteiger partial charge in [-0.15, -0.1) is 11.3 Å². The number of para-hydroxylation sites is 1. The Morgan fingerprint density at radius 3 is 2.59 bits per heavy atom. The van der Waals surface area contributed by atoms with Crippen molar-refractivity contribution < 1.29 is 9.59 Å². The summed E-state index contributed by atoms with van der Waals surface area (Å²) in [6.45, 7) is 1.98. The van der Waals surface area contributed by atoms with E-state index in [0.717, 1.165) is 25.8 Å². The molecule has 0 saturated carbocycles. The Morgan fingerprint density at radius 2 is 1.78 bits per heavy atom. The van der Waals surface area contributed by atoms with E-state index in [2.05, 4.69) is 20.9 Å². The van der Waals surface area contributed by atoms with Crippen LogP contribution in [0.4, 0.5) is 21.9 Å². The molecule has 0 atom stereocenters. The molecule has 0 fully saturated rings. The van der Waals surface area contributed by atoms with Crippen molar-refractivity contribution in [1.82, 2.24) is 4.98 Å². The van der Waals surface area contributed by atoms with Gasteiger partial charge in [-0.25, -0.2) is 9.78 Å². The van der Waals surface area contributed by atoms with Gasteiger partial charge in [0.15, 0.2) is 4.34 Å². The number of amides is 3. The number of urea groups is 1. The molecule has 6 nitrogen and oxygen atoms in total. The zero-order valence-electron chi connectivity index (χ0n) is 17.0. The number of halogens is 1. The van der Waals surface area contributed by atoms with Crippen LogP contribution in [0.3, 0.4) is 0 Å². The smallest absolute Gasteiger partial charge is 0.323 e. The summed E-state index contributed by atoms with van der Waals surface area (Å²) in [7, 11) is 0. The molecule has 0 unspecified atom stereocenters. The molecule has 1 heterocycles. The van der Waals surface area contributed by atoms with E-state index in [1.165, 1.54) is 23.1 Å². The summed E-state index contributed by atoms with van der Waals surface area (Å²) in [6.07, 6.45) is 0. The molecule has 0 spiro atoms. The quantitative estimate of drug-likeness (QED) is 0.269. The summed E-state index contributed by atoms with van der Waals surface area (Å²) in [4.78, 5) is 29.1. The molecule has 3 N–H and O–H groups in total. The summed E-state index contributed by atoms with van der Waals surface area (Å²) < 4.78 is 1.71. The van der Waals surface area contributed by atoms with Crippen molar-refractivity contribution in [2.45, 2.75) is 11.3 Å². The molecule has 0 radical (unpaired) electrons. The molecule has 0 aliphatic heterocycles. The van der Waals surface area contributed by atoms with Crippen molar-refractivity contribution >= 4 is 73.9 Å². The summed E-state index contributed by atoms with van der Waals surface area (Å²) in [5.74, 6) is 0.178. The number of aromatic nitrogens is 1. The fourth-order valence-corrected chi connectivity index (χ4v) is 5.03. The normalized spacial score (nSPS) is 10.7. The largest absolute Gasteiger partial charge is 0.325 e. The first-order valence-electron chi connectivity index (χ1n) is 9.69. The Hall–Kier alpha value is -3.07. The second kappa shape index (κ2) is 10.0. The van der Waals surface area contributed by atoms with Crippen molar-refractivity contribution in [3.05, 3.63) is 77.3 Å². The maximum Gasteiger partial charge on any atom is 0.323 e. The van der Waals surface area contributed by atoms with Gasteiger partial charge in [0.05, 0.1) is 26.7 Å². The lowest BCUT2D eigenvalue weighted by atomic mass is 10.2. The molecule has 3 amide bonds. The summed E-state index contributed by atoms with van der Waals surface area (Å²) in [6, 6.07) is 19.8. The Bertz CT molecular complexity index is 1290. The van der Waals surface area contributed by atoms with E-state index in [9.17, 15) is 9.59 Å². The van der Waals surface area contributed by atoms with E-state index in [4.69, 9.17) is 11.6 Å². The maximum absolute atomic E-state index is 12.3. The van der Waals surface area contributed by atoms with E-state index in [1.54, 1.807) is 30.3 Å². The van der Waals surface area contributed by atoms with Crippen molar-refractivity contribution in [3.63, 3.8) is 0 Å². The van der Waals surface area contributed by atoms with Gasteiger partial charge < -0.3 is 16.0 Å². The number of anilines is 3. The number of thioether (sulfide) groups is 1. The molecular formula is C23H19ClN4O2S2. The van der Waals surface area contributed by atoms with Crippen molar-refractivity contribution in [2.75, 3.05) is 21.7 Å². The highest BCUT2D eigenvalue weighted by Crippen LogP contribution is 2.31. The van der Waals surface area contributed by atoms with Crippen LogP contribution in [0.25, 0.3) is 10.2 Å². The van der Waals surface area contributed by atoms with E-state index in [0.29, 0.717) is 16.4 Å². The molecule has 162 valence electrons. The minimum Gasteiger partial charge on any atom is -0.325 e. The predicted molar refractivity (Wildman–Crippen MR) is 134 cm³/mol. The molecule has 9 heteroatoms. The third-order valence-corrected chi connectivity index (χ3v) is 6.87. The molecule has 0 aliphatic rings. The zero-order chi connectivity index (χ0) is 22.5. The molecule has 32 heavy (non-hydrogen) atoms. The van der Waals surface area contributed by atoms with Crippen molar-refractivity contribution in [3.8, 4) is 0 Å². The SMILES string of the molecule is Cc1cccc(NC(=O)CSc2nc3ccc(NC(=O)Nc4ccccc4Cl)cc3s2)c1. The first-order valence-corrected chi connectivity index (χ1v) is 11.9. The number of carbonyl (C=O) groups excluding carboxylic acids is 2. The lowest BCUT2D eigenvalue weighted by Gasteiger charge is -2.08. The van der Waals surface area contributed by atoms with Gasteiger partial charge in [0.2, 0.25) is 5.91 Å². The first kappa shape index (κ1) is 22.1. The Morgan fingerprint density at radius 1 is 0.969 bits per heavy atom. The predicted octanol–water partition coefficient (Wildman–Crippen LogP) is 6.63. The van der Waals surface area contributed by atoms with Gasteiger partial charge in [0.25, 0.3) is 0 Å². The molecule has 4 aromatic rings. The summed E-state index contributed by atoms with van der Waals surface area (Å²) in [5, 5.41) is 8.89. The zero-order valence-corrected chi connectivity index (χ0v) is 19.4. The minimum absolute atomic E-state index is 0.0848. The highest BCUT2D eigenvalue weighted by molar-refractivity contribution is 8.01. The first-order chi connectivity index (χ1) is 15.5. The Labute approximate surface area is 198 Å². The lowest BCUT2D eigenvalue weighted by Crippen LogP contribution is -2.19. The number of nitrogens with zero attached hydrogens (tertiary/aromatic N) is 1. The number of aryl methyl sites for hydroxylation is 1. The minimum atomic E-state index is -0.385. The van der Waals surface area contributed by atoms with Crippen LogP contribution in [0.5, 0.6) is 0 Å². The molecule has 1 aromatic heterocycles. The second-order valence-corrected chi connectivity index (χ2v) is 9.59. The molecular weight excluding hydrogens is 464 g/mol. The van der Waals surface area contributed by atoms with E-state index < -0.39 is 0 Å². The van der Waals surface area contributed by atoms with Crippen LogP contribution in [0.2, 0.25) is 5.02 Å². The fraction of sp³-hybridized carbons (Fsp3) is 0.0870. The van der Waals surface area contributed by atoms with Crippen LogP contribution in [-0.2, 0) is 4.79 Å². The number of fused-ring (bicyclic) bond motifs is 1.